The van der Waals surface area contributed by atoms with Gasteiger partial charge in [0.15, 0.2) is 32.5 Å². The molecule has 8 heterocycles. The Balaban J connectivity index is 0.594. The zero-order valence-corrected chi connectivity index (χ0v) is 69.6. The summed E-state index contributed by atoms with van der Waals surface area (Å²) in [7, 11) is -7.70. The molecule has 23 atom stereocenters. The van der Waals surface area contributed by atoms with Crippen LogP contribution in [0.25, 0.3) is 22.3 Å². The number of phosphoric acid groups is 1. The van der Waals surface area contributed by atoms with Gasteiger partial charge < -0.3 is 45.3 Å². The first-order valence-corrected chi connectivity index (χ1v) is 45.1. The third-order valence-electron chi connectivity index (χ3n) is 23.6. The summed E-state index contributed by atoms with van der Waals surface area (Å²) in [6.07, 6.45) is 7.54. The van der Waals surface area contributed by atoms with Crippen LogP contribution in [0.5, 0.6) is 0 Å². The van der Waals surface area contributed by atoms with Crippen molar-refractivity contribution in [2.24, 2.45) is 46.3 Å². The maximum absolute atomic E-state index is 14.3. The van der Waals surface area contributed by atoms with E-state index in [1.807, 2.05) is 0 Å². The summed E-state index contributed by atoms with van der Waals surface area (Å²) in [4.78, 5) is 111. The predicted octanol–water partition coefficient (Wildman–Crippen LogP) is 6.58. The minimum Gasteiger partial charge on any atom is -0.382 e. The second-order valence-electron chi connectivity index (χ2n) is 30.7. The fourth-order valence-electron chi connectivity index (χ4n) is 18.2. The third-order valence-corrected chi connectivity index (χ3v) is 27.6. The Morgan fingerprint density at radius 2 is 1.33 bits per heavy atom. The number of anilines is 3. The first kappa shape index (κ1) is 88.3. The van der Waals surface area contributed by atoms with Gasteiger partial charge in [-0.05, 0) is 97.7 Å². The molecule has 12 N–H and O–H groups in total. The zero-order valence-electron chi connectivity index (χ0n) is 65.0. The minimum absolute atomic E-state index is 0.0135. The van der Waals surface area contributed by atoms with E-state index >= 15 is 0 Å². The number of fused-ring (bicyclic) bond motifs is 7. The SMILES string of the molecule is C=C[C@H](CCCC(C)C)C1CCC2C3CC=C4CC(OC(=O)NCCCOCCOCCOCCO[PH](O)(O)O[C@H]5[C@@H](OC)[C@H](n6ccc(N)nc6=O)O[C@@H]5COP(O)(=S)O[C@H]5[C@@H](OC)[C@H](n6cnc7c(N)ncnc76)O[C@@H]5COP(=O)(O)O[C@H]5[C@@H](OC)[C@H](n6cnc7c(N)ncnc76)O[C@@H]5COPO)CC[C@]4(C)C3CC[C@@]21C. The van der Waals surface area contributed by atoms with Gasteiger partial charge >= 0.3 is 301 Å². The monoisotopic (exact) mass is 1700 g/mol. The number of allylic oxidation sites excluding steroid dienone is 2. The van der Waals surface area contributed by atoms with Crippen LogP contribution in [0, 0.1) is 46.3 Å². The van der Waals surface area contributed by atoms with Crippen molar-refractivity contribution in [3.05, 3.63) is 72.4 Å². The number of alkyl carbamates (subject to hydrolysis) is 1. The van der Waals surface area contributed by atoms with E-state index in [9.17, 15) is 38.6 Å². The van der Waals surface area contributed by atoms with Gasteiger partial charge in [-0.3, -0.25) is 9.09 Å². The van der Waals surface area contributed by atoms with Gasteiger partial charge in [-0.1, -0.05) is 58.3 Å². The van der Waals surface area contributed by atoms with Crippen LogP contribution in [-0.2, 0) is 95.4 Å². The fraction of sp³-hybridized carbons (Fsp3) is 0.729. The second-order valence-corrected chi connectivity index (χ2v) is 36.9. The Kier molecular flexibility index (Phi) is 30.2. The summed E-state index contributed by atoms with van der Waals surface area (Å²) >= 11 is 5.63. The van der Waals surface area contributed by atoms with Gasteiger partial charge in [0.1, 0.15) is 48.1 Å². The summed E-state index contributed by atoms with van der Waals surface area (Å²) in [6, 6.07) is 1.31. The molecule has 0 aromatic carbocycles. The predicted molar refractivity (Wildman–Crippen MR) is 417 cm³/mol. The number of ether oxygens (including phenoxy) is 10. The molecule has 0 spiro atoms. The fourth-order valence-corrected chi connectivity index (χ4v) is 21.9. The minimum atomic E-state index is -5.28. The summed E-state index contributed by atoms with van der Waals surface area (Å²) in [5.74, 6) is 4.15. The Bertz CT molecular complexity index is 4240. The molecule has 44 heteroatoms. The summed E-state index contributed by atoms with van der Waals surface area (Å²) in [6.45, 7) is 8.50. The topological polar surface area (TPSA) is 504 Å². The Morgan fingerprint density at radius 1 is 0.746 bits per heavy atom. The molecule has 6 fully saturated rings. The van der Waals surface area contributed by atoms with E-state index in [4.69, 9.17) is 108 Å². The average Bonchev–Trinajstić information content (AvgIpc) is 1.40. The number of hydrogen-bond donors (Lipinski definition) is 9. The van der Waals surface area contributed by atoms with E-state index in [-0.39, 0.29) is 90.9 Å². The van der Waals surface area contributed by atoms with E-state index in [1.54, 1.807) is 0 Å². The van der Waals surface area contributed by atoms with Crippen LogP contribution in [0.1, 0.15) is 123 Å². The smallest absolute Gasteiger partial charge is 0.382 e. The van der Waals surface area contributed by atoms with Crippen molar-refractivity contribution in [1.82, 2.24) is 53.9 Å². The quantitative estimate of drug-likeness (QED) is 0.0113. The summed E-state index contributed by atoms with van der Waals surface area (Å²) in [5, 5.41) is 2.90. The first-order chi connectivity index (χ1) is 54.6. The normalized spacial score (nSPS) is 31.8. The molecular weight excluding hydrogens is 1590 g/mol. The van der Waals surface area contributed by atoms with Gasteiger partial charge in [-0.2, -0.15) is 0 Å². The van der Waals surface area contributed by atoms with Crippen LogP contribution in [0.15, 0.2) is 66.7 Å². The molecule has 636 valence electrons. The van der Waals surface area contributed by atoms with Crippen LogP contribution < -0.4 is 28.2 Å². The Morgan fingerprint density at radius 3 is 1.95 bits per heavy atom. The van der Waals surface area contributed by atoms with Crippen molar-refractivity contribution < 1.29 is 113 Å². The number of rotatable bonds is 42. The van der Waals surface area contributed by atoms with Crippen LogP contribution >= 0.6 is 31.7 Å². The number of aromatic nitrogens is 10. The number of carbonyl (C=O) groups excluding carboxylic acids is 1. The van der Waals surface area contributed by atoms with Crippen molar-refractivity contribution in [3.63, 3.8) is 0 Å². The number of nitrogen functional groups attached to an aromatic ring is 3. The summed E-state index contributed by atoms with van der Waals surface area (Å²) < 4.78 is 118. The molecule has 0 bridgehead atoms. The molecule has 3 saturated heterocycles. The van der Waals surface area contributed by atoms with Gasteiger partial charge in [0.25, 0.3) is 0 Å². The number of hydrogen-bond acceptors (Lipinski definition) is 34. The average molecular weight is 1700 g/mol. The van der Waals surface area contributed by atoms with Crippen LogP contribution in [0.4, 0.5) is 22.2 Å². The molecule has 1 amide bonds. The molecule has 39 nitrogen and oxygen atoms in total. The van der Waals surface area contributed by atoms with Crippen molar-refractivity contribution in [2.45, 2.75) is 184 Å². The molecule has 3 aliphatic heterocycles. The van der Waals surface area contributed by atoms with Crippen LogP contribution in [0.2, 0.25) is 0 Å². The number of methoxy groups -OCH3 is 3. The standard InChI is InChI=1S/C70H110N14O25P4S/c1-9-41(13-10-12-40(2)3)45-16-17-46-44-15-14-42-32-43(18-21-69(42,4)47(44)19-22-70(45,46)5)103-68(86)74-23-11-25-96-26-27-97-28-29-98-30-31-100-111(88,89)107-55-50(105-64(57(55)93-6)82-24-20-51(71)81-67(82)85)35-102-113(92,114)109-56-49(106-66(59(56)95-8)84-39-80-53-61(73)76-37-78-63(53)84)34-101-112(90,91)108-54-48(33-99-110-87)104-65(58(54)94-7)83-38-79-52-60(72)75-36-77-62(52)83/h9,14,20,24,36-41,43-50,54-59,64-66,87-89,110-111H,1,10-13,15-19,21-23,25-35H2,2-8H3,(H,74,86)(H,90,91)(H,92,114)(H2,71,81,85)(H2,72,75,77)(H2,73,76,78)/t41-,43?,44?,45?,46?,47?,48-,49-,50-,54-,55-,56-,57-,58-,59-,64-,65-,66-,69+,70-,113?/m1/s1. The van der Waals surface area contributed by atoms with E-state index in [1.165, 1.54) is 119 Å². The maximum atomic E-state index is 14.3. The van der Waals surface area contributed by atoms with E-state index in [0.29, 0.717) is 49.3 Å². The summed E-state index contributed by atoms with van der Waals surface area (Å²) in [5.41, 5.74) is 19.9. The number of nitrogens with one attached hydrogen (secondary N) is 1. The molecule has 4 aliphatic carbocycles. The molecule has 5 aromatic rings. The molecule has 12 rings (SSSR count). The molecular formula is C70H110N14O25P4S. The number of amides is 1. The van der Waals surface area contributed by atoms with Crippen molar-refractivity contribution in [3.8, 4) is 0 Å². The molecule has 7 aliphatic rings. The first-order valence-electron chi connectivity index (χ1n) is 38.5. The van der Waals surface area contributed by atoms with Crippen molar-refractivity contribution in [2.75, 3.05) is 111 Å². The number of carbonyl (C=O) groups is 1. The van der Waals surface area contributed by atoms with Crippen LogP contribution in [-0.4, -0.2) is 234 Å². The molecule has 0 radical (unpaired) electrons. The number of imidazole rings is 2. The number of nitrogens with zero attached hydrogens (tertiary/aromatic N) is 10. The molecule has 5 aromatic heterocycles. The van der Waals surface area contributed by atoms with E-state index in [2.05, 4.69) is 86.6 Å². The van der Waals surface area contributed by atoms with E-state index in [0.717, 1.165) is 48.0 Å². The Labute approximate surface area is 667 Å². The third kappa shape index (κ3) is 20.4. The van der Waals surface area contributed by atoms with Gasteiger partial charge in [0.05, 0.1) is 12.9 Å². The van der Waals surface area contributed by atoms with Crippen LogP contribution in [0.3, 0.4) is 0 Å². The molecule has 8 unspecified atom stereocenters. The molecule has 3 saturated carbocycles. The van der Waals surface area contributed by atoms with Gasteiger partial charge in [-0.25, -0.2) is 39.3 Å². The van der Waals surface area contributed by atoms with E-state index < -0.39 is 130 Å². The van der Waals surface area contributed by atoms with Crippen molar-refractivity contribution in [1.29, 1.82) is 0 Å². The second kappa shape index (κ2) is 39.0. The number of phosphoric ester groups is 1. The zero-order chi connectivity index (χ0) is 81.3. The Hall–Kier alpha value is -4.97. The van der Waals surface area contributed by atoms with Gasteiger partial charge in [-0.15, -0.1) is 6.58 Å². The number of nitrogens with two attached hydrogens (primary N) is 3. The van der Waals surface area contributed by atoms with Gasteiger partial charge in [0, 0.05) is 20.1 Å². The van der Waals surface area contributed by atoms with Gasteiger partial charge in [0.2, 0.25) is 0 Å². The molecule has 114 heavy (non-hydrogen) atoms. The van der Waals surface area contributed by atoms with Crippen molar-refractivity contribution >= 4 is 89.4 Å².